The molecule has 2 aromatic rings. The lowest BCUT2D eigenvalue weighted by Gasteiger charge is -2.15. The lowest BCUT2D eigenvalue weighted by molar-refractivity contribution is -0.116. The average Bonchev–Trinajstić information content (AvgIpc) is 2.96. The van der Waals surface area contributed by atoms with E-state index in [4.69, 9.17) is 0 Å². The van der Waals surface area contributed by atoms with Crippen LogP contribution in [0.2, 0.25) is 0 Å². The summed E-state index contributed by atoms with van der Waals surface area (Å²) in [5.41, 5.74) is 5.01. The largest absolute Gasteiger partial charge is 0.348 e. The Kier molecular flexibility index (Phi) is 4.15. The van der Waals surface area contributed by atoms with E-state index in [9.17, 15) is 9.59 Å². The molecule has 0 saturated heterocycles. The number of nitrogens with zero attached hydrogens (tertiary/aromatic N) is 1. The van der Waals surface area contributed by atoms with Gasteiger partial charge < -0.3 is 10.2 Å². The van der Waals surface area contributed by atoms with Gasteiger partial charge in [-0.25, -0.2) is 0 Å². The van der Waals surface area contributed by atoms with Crippen LogP contribution in [-0.2, 0) is 17.8 Å². The van der Waals surface area contributed by atoms with Gasteiger partial charge >= 0.3 is 0 Å². The fraction of sp³-hybridized carbons (Fsp3) is 0.263. The zero-order valence-corrected chi connectivity index (χ0v) is 13.4. The topological polar surface area (TPSA) is 49.4 Å². The van der Waals surface area contributed by atoms with Crippen LogP contribution < -0.4 is 10.2 Å². The van der Waals surface area contributed by atoms with Crippen LogP contribution in [0.15, 0.2) is 42.5 Å². The van der Waals surface area contributed by atoms with Crippen molar-refractivity contribution in [3.63, 3.8) is 0 Å². The first-order valence-corrected chi connectivity index (χ1v) is 7.79. The van der Waals surface area contributed by atoms with Gasteiger partial charge in [0.05, 0.1) is 0 Å². The van der Waals surface area contributed by atoms with E-state index in [0.29, 0.717) is 12.1 Å². The van der Waals surface area contributed by atoms with E-state index in [0.717, 1.165) is 29.8 Å². The molecule has 118 valence electrons. The van der Waals surface area contributed by atoms with Gasteiger partial charge in [0.2, 0.25) is 5.91 Å². The van der Waals surface area contributed by atoms with Crippen molar-refractivity contribution in [2.24, 2.45) is 0 Å². The summed E-state index contributed by atoms with van der Waals surface area (Å²) in [7, 11) is 0. The van der Waals surface area contributed by atoms with Gasteiger partial charge in [-0.2, -0.15) is 0 Å². The highest BCUT2D eigenvalue weighted by atomic mass is 16.2. The van der Waals surface area contributed by atoms with Crippen LogP contribution in [0.4, 0.5) is 5.69 Å². The lowest BCUT2D eigenvalue weighted by atomic mass is 10.1. The number of nitrogens with one attached hydrogen (secondary N) is 1. The number of carbonyl (C=O) groups excluding carboxylic acids is 2. The molecule has 4 nitrogen and oxygen atoms in total. The number of anilines is 1. The molecule has 3 rings (SSSR count). The van der Waals surface area contributed by atoms with Crippen molar-refractivity contribution in [1.82, 2.24) is 5.32 Å². The van der Waals surface area contributed by atoms with E-state index < -0.39 is 0 Å². The second-order valence-corrected chi connectivity index (χ2v) is 5.93. The Balaban J connectivity index is 1.66. The predicted molar refractivity (Wildman–Crippen MR) is 90.5 cm³/mol. The highest BCUT2D eigenvalue weighted by Gasteiger charge is 2.22. The minimum absolute atomic E-state index is 0.0733. The second kappa shape index (κ2) is 6.24. The summed E-state index contributed by atoms with van der Waals surface area (Å²) in [6, 6.07) is 13.5. The summed E-state index contributed by atoms with van der Waals surface area (Å²) in [6.07, 6.45) is 0.870. The molecule has 0 fully saturated rings. The van der Waals surface area contributed by atoms with Crippen molar-refractivity contribution in [3.05, 3.63) is 64.7 Å². The third kappa shape index (κ3) is 3.26. The van der Waals surface area contributed by atoms with E-state index in [1.807, 2.05) is 43.3 Å². The third-order valence-electron chi connectivity index (χ3n) is 4.19. The zero-order chi connectivity index (χ0) is 16.4. The SMILES string of the molecule is CC(=O)N1CCc2cc(CNC(=O)c3ccc(C)cc3)ccc21. The van der Waals surface area contributed by atoms with Gasteiger partial charge in [0.25, 0.3) is 5.91 Å². The highest BCUT2D eigenvalue weighted by Crippen LogP contribution is 2.28. The zero-order valence-electron chi connectivity index (χ0n) is 13.4. The predicted octanol–water partition coefficient (Wildman–Crippen LogP) is 2.83. The van der Waals surface area contributed by atoms with Crippen molar-refractivity contribution in [3.8, 4) is 0 Å². The molecule has 0 bridgehead atoms. The van der Waals surface area contributed by atoms with Gasteiger partial charge in [0.15, 0.2) is 0 Å². The van der Waals surface area contributed by atoms with Gasteiger partial charge in [0, 0.05) is 31.3 Å². The quantitative estimate of drug-likeness (QED) is 0.948. The number of hydrogen-bond donors (Lipinski definition) is 1. The van der Waals surface area contributed by atoms with E-state index >= 15 is 0 Å². The first-order valence-electron chi connectivity index (χ1n) is 7.79. The summed E-state index contributed by atoms with van der Waals surface area (Å²) in [5, 5.41) is 2.94. The maximum atomic E-state index is 12.1. The van der Waals surface area contributed by atoms with E-state index in [1.165, 1.54) is 5.56 Å². The first-order chi connectivity index (χ1) is 11.0. The maximum Gasteiger partial charge on any atom is 0.251 e. The number of aryl methyl sites for hydroxylation is 1. The van der Waals surface area contributed by atoms with Gasteiger partial charge in [0.1, 0.15) is 0 Å². The first kappa shape index (κ1) is 15.3. The molecule has 2 aromatic carbocycles. The van der Waals surface area contributed by atoms with Crippen molar-refractivity contribution in [2.75, 3.05) is 11.4 Å². The molecule has 0 radical (unpaired) electrons. The molecule has 0 aliphatic carbocycles. The Labute approximate surface area is 136 Å². The van der Waals surface area contributed by atoms with E-state index in [1.54, 1.807) is 11.8 Å². The minimum Gasteiger partial charge on any atom is -0.348 e. The number of amides is 2. The normalized spacial score (nSPS) is 12.9. The fourth-order valence-corrected chi connectivity index (χ4v) is 2.88. The Morgan fingerprint density at radius 3 is 2.57 bits per heavy atom. The summed E-state index contributed by atoms with van der Waals surface area (Å²) in [5.74, 6) is 0.0000322. The summed E-state index contributed by atoms with van der Waals surface area (Å²) < 4.78 is 0. The third-order valence-corrected chi connectivity index (χ3v) is 4.19. The van der Waals surface area contributed by atoms with Crippen LogP contribution in [0.3, 0.4) is 0 Å². The standard InChI is InChI=1S/C19H20N2O2/c1-13-3-6-16(7-4-13)19(23)20-12-15-5-8-18-17(11-15)9-10-21(18)14(2)22/h3-8,11H,9-10,12H2,1-2H3,(H,20,23). The summed E-state index contributed by atoms with van der Waals surface area (Å²) >= 11 is 0. The van der Waals surface area contributed by atoms with Crippen LogP contribution in [0.5, 0.6) is 0 Å². The van der Waals surface area contributed by atoms with Crippen LogP contribution in [0.25, 0.3) is 0 Å². The molecule has 0 saturated carbocycles. The molecular formula is C19H20N2O2. The molecule has 0 aromatic heterocycles. The Morgan fingerprint density at radius 2 is 1.87 bits per heavy atom. The number of rotatable bonds is 3. The number of carbonyl (C=O) groups is 2. The van der Waals surface area contributed by atoms with Crippen molar-refractivity contribution in [1.29, 1.82) is 0 Å². The van der Waals surface area contributed by atoms with Crippen molar-refractivity contribution in [2.45, 2.75) is 26.8 Å². The molecule has 0 unspecified atom stereocenters. The minimum atomic E-state index is -0.0733. The van der Waals surface area contributed by atoms with Crippen LogP contribution in [-0.4, -0.2) is 18.4 Å². The molecule has 23 heavy (non-hydrogen) atoms. The van der Waals surface area contributed by atoms with Gasteiger partial charge in [-0.15, -0.1) is 0 Å². The number of benzene rings is 2. The fourth-order valence-electron chi connectivity index (χ4n) is 2.88. The molecule has 2 amide bonds. The van der Waals surface area contributed by atoms with Crippen molar-refractivity contribution >= 4 is 17.5 Å². The molecule has 0 atom stereocenters. The lowest BCUT2D eigenvalue weighted by Crippen LogP contribution is -2.25. The van der Waals surface area contributed by atoms with Gasteiger partial charge in [-0.1, -0.05) is 29.8 Å². The maximum absolute atomic E-state index is 12.1. The van der Waals surface area contributed by atoms with E-state index in [2.05, 4.69) is 11.4 Å². The molecule has 0 spiro atoms. The van der Waals surface area contributed by atoms with Crippen molar-refractivity contribution < 1.29 is 9.59 Å². The number of hydrogen-bond acceptors (Lipinski definition) is 2. The summed E-state index contributed by atoms with van der Waals surface area (Å²) in [4.78, 5) is 25.5. The molecule has 1 aliphatic heterocycles. The Bertz CT molecular complexity index is 750. The second-order valence-electron chi connectivity index (χ2n) is 5.93. The smallest absolute Gasteiger partial charge is 0.251 e. The van der Waals surface area contributed by atoms with Crippen LogP contribution in [0.1, 0.15) is 34.0 Å². The molecular weight excluding hydrogens is 288 g/mol. The monoisotopic (exact) mass is 308 g/mol. The Hall–Kier alpha value is -2.62. The molecule has 1 aliphatic rings. The molecule has 4 heteroatoms. The molecule has 1 heterocycles. The van der Waals surface area contributed by atoms with Crippen LogP contribution in [0, 0.1) is 6.92 Å². The van der Waals surface area contributed by atoms with Crippen LogP contribution >= 0.6 is 0 Å². The number of fused-ring (bicyclic) bond motifs is 1. The summed E-state index contributed by atoms with van der Waals surface area (Å²) in [6.45, 7) is 4.81. The highest BCUT2D eigenvalue weighted by molar-refractivity contribution is 5.94. The van der Waals surface area contributed by atoms with E-state index in [-0.39, 0.29) is 11.8 Å². The average molecular weight is 308 g/mol. The Morgan fingerprint density at radius 1 is 1.13 bits per heavy atom. The van der Waals surface area contributed by atoms with Gasteiger partial charge in [-0.05, 0) is 42.7 Å². The van der Waals surface area contributed by atoms with Gasteiger partial charge in [-0.3, -0.25) is 9.59 Å². The molecule has 1 N–H and O–H groups in total.